The number of aliphatic hydroxyl groups excluding tert-OH is 2. The Balaban J connectivity index is 0.780. The Kier molecular flexibility index (Phi) is 14.4. The fourth-order valence-electron chi connectivity index (χ4n) is 12.7. The number of aromatic amines is 1. The van der Waals surface area contributed by atoms with Crippen LogP contribution < -0.4 is 25.0 Å². The zero-order chi connectivity index (χ0) is 56.3. The van der Waals surface area contributed by atoms with Crippen LogP contribution in [0.5, 0.6) is 11.8 Å². The van der Waals surface area contributed by atoms with Gasteiger partial charge in [-0.05, 0) is 91.0 Å². The maximum atomic E-state index is 16.2. The molecule has 13 rings (SSSR count). The number of hydrogen-bond donors (Lipinski definition) is 5. The number of piperazine rings is 1. The summed E-state index contributed by atoms with van der Waals surface area (Å²) in [5.74, 6) is 0.0765. The topological polar surface area (TPSA) is 236 Å². The van der Waals surface area contributed by atoms with Crippen molar-refractivity contribution < 1.29 is 38.4 Å². The van der Waals surface area contributed by atoms with Gasteiger partial charge >= 0.3 is 6.01 Å². The van der Waals surface area contributed by atoms with E-state index in [1.165, 1.54) is 15.6 Å². The molecule has 1 saturated carbocycles. The molecule has 0 radical (unpaired) electrons. The van der Waals surface area contributed by atoms with Crippen LogP contribution in [0, 0.1) is 18.7 Å². The minimum Gasteiger partial charge on any atom is -0.486 e. The smallest absolute Gasteiger partial charge is 0.319 e. The number of aromatic nitrogens is 9. The second-order valence-electron chi connectivity index (χ2n) is 23.0. The summed E-state index contributed by atoms with van der Waals surface area (Å²) in [5, 5.41) is 50.4. The van der Waals surface area contributed by atoms with Crippen molar-refractivity contribution in [1.29, 1.82) is 0 Å². The quantitative estimate of drug-likeness (QED) is 0.0566. The minimum absolute atomic E-state index is 0.0388. The zero-order valence-corrected chi connectivity index (χ0v) is 46.5. The van der Waals surface area contributed by atoms with Crippen molar-refractivity contribution in [1.82, 2.24) is 60.5 Å². The normalized spacial score (nSPS) is 20.8. The molecule has 0 spiro atoms. The Bertz CT molecular complexity index is 3670. The number of H-pyrrole nitrogens is 1. The van der Waals surface area contributed by atoms with Crippen molar-refractivity contribution in [2.45, 2.75) is 128 Å². The van der Waals surface area contributed by atoms with Gasteiger partial charge < -0.3 is 44.9 Å². The van der Waals surface area contributed by atoms with Crippen LogP contribution in [-0.4, -0.2) is 142 Å². The molecule has 2 bridgehead atoms. The molecular weight excluding hydrogens is 1050 g/mol. The number of rotatable bonds is 18. The Morgan fingerprint density at radius 2 is 1.74 bits per heavy atom. The van der Waals surface area contributed by atoms with E-state index in [1.807, 2.05) is 87.0 Å². The van der Waals surface area contributed by atoms with Crippen molar-refractivity contribution in [2.75, 3.05) is 44.4 Å². The average Bonchev–Trinajstić information content (AvgIpc) is 4.06. The number of aliphatic hydroxyl groups is 2. The zero-order valence-electron chi connectivity index (χ0n) is 46.5. The molecule has 1 aliphatic carbocycles. The van der Waals surface area contributed by atoms with Crippen LogP contribution in [0.2, 0.25) is 0 Å². The fourth-order valence-corrected chi connectivity index (χ4v) is 12.7. The largest absolute Gasteiger partial charge is 0.486 e. The molecule has 4 aromatic carbocycles. The molecule has 20 nitrogen and oxygen atoms in total. The van der Waals surface area contributed by atoms with E-state index in [-0.39, 0.29) is 67.9 Å². The molecule has 2 amide bonds. The van der Waals surface area contributed by atoms with Crippen LogP contribution >= 0.6 is 0 Å². The van der Waals surface area contributed by atoms with E-state index in [1.54, 1.807) is 18.6 Å². The van der Waals surface area contributed by atoms with Gasteiger partial charge in [-0.25, -0.2) is 9.07 Å². The summed E-state index contributed by atoms with van der Waals surface area (Å²) in [6.07, 6.45) is 8.65. The lowest BCUT2D eigenvalue weighted by molar-refractivity contribution is -0.142. The Morgan fingerprint density at radius 1 is 0.951 bits per heavy atom. The number of halogens is 1. The van der Waals surface area contributed by atoms with Gasteiger partial charge in [0.05, 0.1) is 55.6 Å². The first-order valence-corrected chi connectivity index (χ1v) is 28.8. The molecule has 8 aromatic rings. The van der Waals surface area contributed by atoms with Crippen LogP contribution in [0.1, 0.15) is 99.6 Å². The van der Waals surface area contributed by atoms with E-state index in [4.69, 9.17) is 24.2 Å². The second kappa shape index (κ2) is 22.1. The van der Waals surface area contributed by atoms with Crippen LogP contribution in [0.15, 0.2) is 85.3 Å². The number of fused-ring (bicyclic) bond motifs is 4. The number of carbonyl (C=O) groups excluding carboxylic acids is 2. The van der Waals surface area contributed by atoms with Gasteiger partial charge in [0.15, 0.2) is 5.75 Å². The van der Waals surface area contributed by atoms with Gasteiger partial charge in [-0.15, -0.1) is 5.10 Å². The lowest BCUT2D eigenvalue weighted by atomic mass is 9.88. The first kappa shape index (κ1) is 53.5. The van der Waals surface area contributed by atoms with E-state index in [2.05, 4.69) is 47.2 Å². The molecule has 21 heteroatoms. The van der Waals surface area contributed by atoms with Crippen molar-refractivity contribution in [2.24, 2.45) is 5.92 Å². The molecule has 5 fully saturated rings. The standard InChI is InChI=1S/C61H68FN13O7/c1-5-74-51(16-19-65-74)39-14-12-38(13-15-39)50(31-76)66-59(78)52-23-42(77)29-73(52)60(79)56(33(2)3)75-30-49(70-71-75)37-8-6-35(7-9-37)32-81-57-54(53-34(4)47(62)25-48-46(53)27-64-69-48)44(36-10-11-36)24-45-55(57)67-61(82-43-17-20-80-21-18-43)68-58(45)72-28-40-22-41(72)26-63-40/h6-9,12-16,19,24-25,27,30,33,36,40-43,50,52,56,63,76-77H,5,10-11,17-18,20-23,26,28-29,31-32H2,1-4H3,(H,64,69)(H,66,78)/t40-,41-,42+,50-,52-,56-/m0/s1. The maximum absolute atomic E-state index is 16.2. The number of ether oxygens (including phenoxy) is 3. The van der Waals surface area contributed by atoms with E-state index in [0.29, 0.717) is 65.0 Å². The lowest BCUT2D eigenvalue weighted by Crippen LogP contribution is -2.50. The molecule has 4 saturated heterocycles. The van der Waals surface area contributed by atoms with Crippen LogP contribution in [0.4, 0.5) is 10.2 Å². The first-order valence-electron chi connectivity index (χ1n) is 28.8. The van der Waals surface area contributed by atoms with Crippen LogP contribution in [0.25, 0.3) is 55.4 Å². The number of nitrogens with one attached hydrogen (secondary N) is 3. The van der Waals surface area contributed by atoms with E-state index in [0.717, 1.165) is 95.3 Å². The molecule has 4 aliphatic heterocycles. The summed E-state index contributed by atoms with van der Waals surface area (Å²) in [6.45, 7) is 10.9. The van der Waals surface area contributed by atoms with E-state index < -0.39 is 30.1 Å². The monoisotopic (exact) mass is 1110 g/mol. The van der Waals surface area contributed by atoms with Gasteiger partial charge in [-0.3, -0.25) is 19.4 Å². The van der Waals surface area contributed by atoms with Crippen LogP contribution in [-0.2, 0) is 27.5 Å². The third-order valence-electron chi connectivity index (χ3n) is 17.2. The molecule has 82 heavy (non-hydrogen) atoms. The highest BCUT2D eigenvalue weighted by Crippen LogP contribution is 2.53. The van der Waals surface area contributed by atoms with Crippen LogP contribution in [0.3, 0.4) is 0 Å². The number of hydrogen-bond acceptors (Lipinski definition) is 15. The first-order chi connectivity index (χ1) is 39.9. The average molecular weight is 1110 g/mol. The van der Waals surface area contributed by atoms with Gasteiger partial charge in [0.1, 0.15) is 47.6 Å². The van der Waals surface area contributed by atoms with E-state index >= 15 is 4.39 Å². The highest BCUT2D eigenvalue weighted by atomic mass is 19.1. The van der Waals surface area contributed by atoms with Gasteiger partial charge in [0.2, 0.25) is 11.8 Å². The van der Waals surface area contributed by atoms with Gasteiger partial charge in [-0.2, -0.15) is 20.2 Å². The fraction of sp³-hybridized carbons (Fsp3) is 0.443. The third-order valence-corrected chi connectivity index (χ3v) is 17.2. The van der Waals surface area contributed by atoms with Crippen molar-refractivity contribution in [3.05, 3.63) is 113 Å². The predicted molar refractivity (Wildman–Crippen MR) is 304 cm³/mol. The molecule has 4 aromatic heterocycles. The number of amides is 2. The highest BCUT2D eigenvalue weighted by molar-refractivity contribution is 6.06. The number of benzene rings is 4. The molecule has 0 unspecified atom stereocenters. The minimum atomic E-state index is -0.983. The van der Waals surface area contributed by atoms with Gasteiger partial charge in [-0.1, -0.05) is 67.6 Å². The molecule has 8 heterocycles. The molecular formula is C61H68FN13O7. The maximum Gasteiger partial charge on any atom is 0.319 e. The summed E-state index contributed by atoms with van der Waals surface area (Å²) >= 11 is 0. The van der Waals surface area contributed by atoms with Crippen molar-refractivity contribution in [3.8, 4) is 45.4 Å². The number of β-amino-alcohol motifs (C(OH)–C–C–N with tert-alkyl or cyclic N) is 1. The summed E-state index contributed by atoms with van der Waals surface area (Å²) in [6, 6.07) is 19.3. The summed E-state index contributed by atoms with van der Waals surface area (Å²) in [5.41, 5.74) is 8.94. The van der Waals surface area contributed by atoms with Crippen molar-refractivity contribution >= 4 is 39.4 Å². The number of likely N-dealkylation sites (tertiary alicyclic amines) is 1. The van der Waals surface area contributed by atoms with E-state index in [9.17, 15) is 19.8 Å². The Hall–Kier alpha value is -7.85. The summed E-state index contributed by atoms with van der Waals surface area (Å²) < 4.78 is 39.1. The predicted octanol–water partition coefficient (Wildman–Crippen LogP) is 7.34. The third kappa shape index (κ3) is 10.1. The lowest BCUT2D eigenvalue weighted by Gasteiger charge is -2.31. The molecule has 6 atom stereocenters. The second-order valence-corrected chi connectivity index (χ2v) is 23.0. The molecule has 5 N–H and O–H groups in total. The molecule has 426 valence electrons. The Labute approximate surface area is 473 Å². The van der Waals surface area contributed by atoms with Gasteiger partial charge in [0.25, 0.3) is 0 Å². The molecule has 5 aliphatic rings. The number of aryl methyl sites for hydroxylation is 1. The number of carbonyl (C=O) groups is 2. The van der Waals surface area contributed by atoms with Gasteiger partial charge in [0, 0.05) is 91.2 Å². The number of nitrogens with zero attached hydrogens (tertiary/aromatic N) is 10. The summed E-state index contributed by atoms with van der Waals surface area (Å²) in [7, 11) is 0. The SMILES string of the molecule is CCn1nccc1-c1ccc([C@H](CO)NC(=O)[C@@H]2C[C@@H](O)CN2C(=O)[C@H](C(C)C)n2cc(-c3ccc(COc4c(-c5c(C)c(F)cc6[nH]ncc56)c(C5CC5)cc5c(N6C[C@@H]7C[C@H]6CN7)nc(OC6CCOCC6)nc45)cc3)nn2)cc1. The van der Waals surface area contributed by atoms with Crippen molar-refractivity contribution in [3.63, 3.8) is 0 Å². The Morgan fingerprint density at radius 3 is 2.46 bits per heavy atom. The number of anilines is 1. The highest BCUT2D eigenvalue weighted by Gasteiger charge is 2.44. The summed E-state index contributed by atoms with van der Waals surface area (Å²) in [4.78, 5) is 43.0.